The molecular weight excluding hydrogens is 254 g/mol. The molecule has 0 aromatic carbocycles. The highest BCUT2D eigenvalue weighted by molar-refractivity contribution is 5.40. The van der Waals surface area contributed by atoms with Crippen molar-refractivity contribution in [2.75, 3.05) is 19.0 Å². The van der Waals surface area contributed by atoms with Crippen molar-refractivity contribution in [2.45, 2.75) is 31.5 Å². The molecule has 8 nitrogen and oxygen atoms in total. The largest absolute Gasteiger partial charge is 0.394 e. The Morgan fingerprint density at radius 3 is 2.68 bits per heavy atom. The number of anilines is 1. The first kappa shape index (κ1) is 13.9. The molecular formula is C11H17N3O5. The molecule has 0 aliphatic carbocycles. The number of nitrogens with zero attached hydrogens (tertiary/aromatic N) is 2. The third-order valence-corrected chi connectivity index (χ3v) is 3.16. The van der Waals surface area contributed by atoms with Crippen LogP contribution in [0.15, 0.2) is 11.0 Å². The van der Waals surface area contributed by atoms with E-state index in [1.54, 1.807) is 14.0 Å². The molecule has 0 saturated carbocycles. The molecule has 2 rings (SSSR count). The number of aromatic nitrogens is 2. The van der Waals surface area contributed by atoms with Gasteiger partial charge >= 0.3 is 5.69 Å². The number of nitrogens with one attached hydrogen (secondary N) is 1. The summed E-state index contributed by atoms with van der Waals surface area (Å²) in [6, 6.07) is 0. The second-order valence-corrected chi connectivity index (χ2v) is 4.44. The fourth-order valence-corrected chi connectivity index (χ4v) is 2.11. The Kier molecular flexibility index (Phi) is 3.85. The summed E-state index contributed by atoms with van der Waals surface area (Å²) in [5.74, 6) is 0.438. The van der Waals surface area contributed by atoms with Crippen molar-refractivity contribution >= 4 is 5.82 Å². The van der Waals surface area contributed by atoms with Crippen molar-refractivity contribution in [1.82, 2.24) is 9.55 Å². The Labute approximate surface area is 109 Å². The normalized spacial score (nSPS) is 30.6. The maximum absolute atomic E-state index is 11.9. The van der Waals surface area contributed by atoms with Crippen LogP contribution >= 0.6 is 0 Å². The van der Waals surface area contributed by atoms with E-state index in [1.807, 2.05) is 0 Å². The van der Waals surface area contributed by atoms with Gasteiger partial charge < -0.3 is 25.4 Å². The zero-order chi connectivity index (χ0) is 14.2. The lowest BCUT2D eigenvalue weighted by molar-refractivity contribution is -0.0550. The van der Waals surface area contributed by atoms with Crippen LogP contribution < -0.4 is 11.0 Å². The standard InChI is InChI=1S/C11H17N3O5/c1-5-3-14(11(18)13-9(5)12-2)10-8(17)7(16)6(4-15)19-10/h3,6-8,10,15-17H,4H2,1-2H3,(H,12,13,18)/t6-,7?,8?,10-/m1/s1. The lowest BCUT2D eigenvalue weighted by atomic mass is 10.1. The van der Waals surface area contributed by atoms with Gasteiger partial charge in [-0.05, 0) is 6.92 Å². The van der Waals surface area contributed by atoms with Crippen LogP contribution in [0.25, 0.3) is 0 Å². The van der Waals surface area contributed by atoms with Crippen LogP contribution in [0.4, 0.5) is 5.82 Å². The van der Waals surface area contributed by atoms with Gasteiger partial charge in [-0.3, -0.25) is 4.57 Å². The van der Waals surface area contributed by atoms with E-state index in [1.165, 1.54) is 6.20 Å². The molecule has 1 aliphatic heterocycles. The van der Waals surface area contributed by atoms with Crippen LogP contribution in [0.2, 0.25) is 0 Å². The summed E-state index contributed by atoms with van der Waals surface area (Å²) < 4.78 is 6.39. The fraction of sp³-hybridized carbons (Fsp3) is 0.636. The minimum absolute atomic E-state index is 0.438. The number of aliphatic hydroxyl groups is 3. The Bertz CT molecular complexity index is 518. The third-order valence-electron chi connectivity index (χ3n) is 3.16. The van der Waals surface area contributed by atoms with Gasteiger partial charge in [0.15, 0.2) is 6.23 Å². The maximum Gasteiger partial charge on any atom is 0.351 e. The highest BCUT2D eigenvalue weighted by atomic mass is 16.6. The summed E-state index contributed by atoms with van der Waals surface area (Å²) in [6.07, 6.45) is -3.03. The van der Waals surface area contributed by atoms with Crippen molar-refractivity contribution in [3.8, 4) is 0 Å². The number of ether oxygens (including phenoxy) is 1. The summed E-state index contributed by atoms with van der Waals surface area (Å²) >= 11 is 0. The molecule has 0 bridgehead atoms. The first-order chi connectivity index (χ1) is 8.99. The molecule has 1 saturated heterocycles. The van der Waals surface area contributed by atoms with Crippen molar-refractivity contribution in [3.63, 3.8) is 0 Å². The van der Waals surface area contributed by atoms with Crippen molar-refractivity contribution in [3.05, 3.63) is 22.2 Å². The molecule has 4 atom stereocenters. The Morgan fingerprint density at radius 2 is 2.16 bits per heavy atom. The summed E-state index contributed by atoms with van der Waals surface area (Å²) in [4.78, 5) is 15.7. The summed E-state index contributed by atoms with van der Waals surface area (Å²) in [6.45, 7) is 1.31. The molecule has 19 heavy (non-hydrogen) atoms. The molecule has 2 unspecified atom stereocenters. The minimum atomic E-state index is -1.29. The van der Waals surface area contributed by atoms with E-state index < -0.39 is 36.8 Å². The highest BCUT2D eigenvalue weighted by Gasteiger charge is 2.43. The zero-order valence-electron chi connectivity index (χ0n) is 10.6. The van der Waals surface area contributed by atoms with Crippen LogP contribution in [0, 0.1) is 6.92 Å². The molecule has 1 fully saturated rings. The molecule has 0 spiro atoms. The second-order valence-electron chi connectivity index (χ2n) is 4.44. The van der Waals surface area contributed by atoms with Gasteiger partial charge in [0.2, 0.25) is 0 Å². The van der Waals surface area contributed by atoms with Crippen LogP contribution in [-0.4, -0.2) is 56.8 Å². The Hall–Kier alpha value is -1.48. The minimum Gasteiger partial charge on any atom is -0.394 e. The van der Waals surface area contributed by atoms with Crippen molar-refractivity contribution < 1.29 is 20.1 Å². The SMILES string of the molecule is CNc1nc(=O)n([C@@H]2O[C@H](CO)C(O)C2O)cc1C. The van der Waals surface area contributed by atoms with Crippen molar-refractivity contribution in [1.29, 1.82) is 0 Å². The average molecular weight is 271 g/mol. The van der Waals surface area contributed by atoms with Crippen molar-refractivity contribution in [2.24, 2.45) is 0 Å². The Balaban J connectivity index is 2.38. The van der Waals surface area contributed by atoms with Gasteiger partial charge in [-0.15, -0.1) is 0 Å². The number of hydrogen-bond donors (Lipinski definition) is 4. The van der Waals surface area contributed by atoms with Gasteiger partial charge in [0.25, 0.3) is 0 Å². The molecule has 0 amide bonds. The predicted octanol–water partition coefficient (Wildman–Crippen LogP) is -1.80. The first-order valence-electron chi connectivity index (χ1n) is 5.89. The molecule has 1 aliphatic rings. The number of rotatable bonds is 3. The molecule has 8 heteroatoms. The van der Waals surface area contributed by atoms with Gasteiger partial charge in [-0.1, -0.05) is 0 Å². The summed E-state index contributed by atoms with van der Waals surface area (Å²) in [5.41, 5.74) is 0.0876. The molecule has 106 valence electrons. The monoisotopic (exact) mass is 271 g/mol. The fourth-order valence-electron chi connectivity index (χ4n) is 2.11. The topological polar surface area (TPSA) is 117 Å². The number of aryl methyl sites for hydroxylation is 1. The molecule has 1 aromatic rings. The second kappa shape index (κ2) is 5.25. The van der Waals surface area contributed by atoms with Gasteiger partial charge in [-0.2, -0.15) is 4.98 Å². The third kappa shape index (κ3) is 2.35. The van der Waals surface area contributed by atoms with Gasteiger partial charge in [-0.25, -0.2) is 4.79 Å². The van der Waals surface area contributed by atoms with E-state index >= 15 is 0 Å². The van der Waals surface area contributed by atoms with E-state index in [0.29, 0.717) is 11.4 Å². The lowest BCUT2D eigenvalue weighted by Gasteiger charge is -2.18. The van der Waals surface area contributed by atoms with Gasteiger partial charge in [0.1, 0.15) is 24.1 Å². The number of hydrogen-bond acceptors (Lipinski definition) is 7. The maximum atomic E-state index is 11.9. The average Bonchev–Trinajstić information content (AvgIpc) is 2.68. The van der Waals surface area contributed by atoms with E-state index in [2.05, 4.69) is 10.3 Å². The quantitative estimate of drug-likeness (QED) is 0.512. The predicted molar refractivity (Wildman–Crippen MR) is 65.8 cm³/mol. The van der Waals surface area contributed by atoms with Crippen LogP contribution in [0.3, 0.4) is 0 Å². The van der Waals surface area contributed by atoms with Gasteiger partial charge in [0, 0.05) is 18.8 Å². The summed E-state index contributed by atoms with van der Waals surface area (Å²) in [5, 5.41) is 31.3. The first-order valence-corrected chi connectivity index (χ1v) is 5.89. The smallest absolute Gasteiger partial charge is 0.351 e. The van der Waals surface area contributed by atoms with E-state index in [9.17, 15) is 15.0 Å². The number of aliphatic hydroxyl groups excluding tert-OH is 3. The molecule has 4 N–H and O–H groups in total. The van der Waals surface area contributed by atoms with Crippen LogP contribution in [0.5, 0.6) is 0 Å². The molecule has 2 heterocycles. The summed E-state index contributed by atoms with van der Waals surface area (Å²) in [7, 11) is 1.64. The van der Waals surface area contributed by atoms with E-state index in [0.717, 1.165) is 4.57 Å². The zero-order valence-corrected chi connectivity index (χ0v) is 10.6. The van der Waals surface area contributed by atoms with Gasteiger partial charge in [0.05, 0.1) is 6.61 Å². The molecule has 0 radical (unpaired) electrons. The van der Waals surface area contributed by atoms with Crippen LogP contribution in [0.1, 0.15) is 11.8 Å². The van der Waals surface area contributed by atoms with E-state index in [-0.39, 0.29) is 0 Å². The van der Waals surface area contributed by atoms with Crippen LogP contribution in [-0.2, 0) is 4.74 Å². The highest BCUT2D eigenvalue weighted by Crippen LogP contribution is 2.28. The Morgan fingerprint density at radius 1 is 1.47 bits per heavy atom. The lowest BCUT2D eigenvalue weighted by Crippen LogP contribution is -2.36. The molecule has 1 aromatic heterocycles. The van der Waals surface area contributed by atoms with E-state index in [4.69, 9.17) is 9.84 Å².